The molecule has 0 saturated carbocycles. The molecular formula is C12H14N2O4. The van der Waals surface area contributed by atoms with Gasteiger partial charge in [-0.2, -0.15) is 0 Å². The monoisotopic (exact) mass is 250 g/mol. The van der Waals surface area contributed by atoms with Gasteiger partial charge < -0.3 is 20.5 Å². The first-order valence-electron chi connectivity index (χ1n) is 5.59. The Morgan fingerprint density at radius 1 is 1.39 bits per heavy atom. The van der Waals surface area contributed by atoms with Crippen molar-refractivity contribution < 1.29 is 19.4 Å². The van der Waals surface area contributed by atoms with Crippen LogP contribution in [0.2, 0.25) is 0 Å². The molecule has 1 aliphatic rings. The molecule has 1 fully saturated rings. The summed E-state index contributed by atoms with van der Waals surface area (Å²) in [7, 11) is 0. The summed E-state index contributed by atoms with van der Waals surface area (Å²) in [5.74, 6) is -0.314. The van der Waals surface area contributed by atoms with Gasteiger partial charge in [-0.1, -0.05) is 30.3 Å². The van der Waals surface area contributed by atoms with Gasteiger partial charge in [0, 0.05) is 0 Å². The number of aliphatic hydroxyl groups is 1. The second kappa shape index (κ2) is 5.50. The highest BCUT2D eigenvalue weighted by Crippen LogP contribution is 2.06. The maximum atomic E-state index is 11.4. The first-order chi connectivity index (χ1) is 8.70. The summed E-state index contributed by atoms with van der Waals surface area (Å²) in [4.78, 5) is 22.5. The third-order valence-corrected chi connectivity index (χ3v) is 2.70. The lowest BCUT2D eigenvalue weighted by molar-refractivity contribution is -0.132. The zero-order chi connectivity index (χ0) is 13.0. The van der Waals surface area contributed by atoms with Gasteiger partial charge in [0.05, 0.1) is 12.6 Å². The molecule has 96 valence electrons. The van der Waals surface area contributed by atoms with Crippen molar-refractivity contribution in [3.63, 3.8) is 0 Å². The van der Waals surface area contributed by atoms with Crippen LogP contribution in [0.4, 0.5) is 4.79 Å². The molecule has 2 amide bonds. The summed E-state index contributed by atoms with van der Waals surface area (Å²) in [6.45, 7) is -0.0693. The molecule has 3 N–H and O–H groups in total. The average Bonchev–Trinajstić information content (AvgIpc) is 2.41. The number of amides is 2. The third kappa shape index (κ3) is 2.78. The van der Waals surface area contributed by atoms with Gasteiger partial charge >= 0.3 is 6.09 Å². The fourth-order valence-electron chi connectivity index (χ4n) is 1.65. The van der Waals surface area contributed by atoms with E-state index in [-0.39, 0.29) is 19.1 Å². The predicted octanol–water partition coefficient (Wildman–Crippen LogP) is -0.228. The van der Waals surface area contributed by atoms with Crippen LogP contribution in [0.25, 0.3) is 0 Å². The van der Waals surface area contributed by atoms with Gasteiger partial charge in [-0.15, -0.1) is 0 Å². The SMILES string of the molecule is O=C(N[C@@H]1C(=O)NC1CO)OCc1ccccc1. The molecule has 1 aliphatic heterocycles. The first-order valence-corrected chi connectivity index (χ1v) is 5.59. The van der Waals surface area contributed by atoms with Crippen molar-refractivity contribution >= 4 is 12.0 Å². The number of hydrogen-bond donors (Lipinski definition) is 3. The minimum absolute atomic E-state index is 0.144. The number of nitrogens with one attached hydrogen (secondary N) is 2. The van der Waals surface area contributed by atoms with Crippen LogP contribution in [0.3, 0.4) is 0 Å². The van der Waals surface area contributed by atoms with Gasteiger partial charge in [0.1, 0.15) is 12.6 Å². The fourth-order valence-corrected chi connectivity index (χ4v) is 1.65. The van der Waals surface area contributed by atoms with Crippen LogP contribution in [-0.4, -0.2) is 35.8 Å². The molecule has 0 aromatic heterocycles. The fraction of sp³-hybridized carbons (Fsp3) is 0.333. The number of aliphatic hydroxyl groups excluding tert-OH is 1. The summed E-state index contributed by atoms with van der Waals surface area (Å²) in [5, 5.41) is 13.8. The van der Waals surface area contributed by atoms with E-state index in [0.717, 1.165) is 5.56 Å². The van der Waals surface area contributed by atoms with Crippen LogP contribution in [0.1, 0.15) is 5.56 Å². The van der Waals surface area contributed by atoms with Gasteiger partial charge in [-0.05, 0) is 5.56 Å². The van der Waals surface area contributed by atoms with Gasteiger partial charge in [-0.3, -0.25) is 4.79 Å². The largest absolute Gasteiger partial charge is 0.445 e. The van der Waals surface area contributed by atoms with E-state index in [0.29, 0.717) is 0 Å². The van der Waals surface area contributed by atoms with Crippen LogP contribution in [0.15, 0.2) is 30.3 Å². The smallest absolute Gasteiger partial charge is 0.408 e. The average molecular weight is 250 g/mol. The Morgan fingerprint density at radius 2 is 2.11 bits per heavy atom. The maximum absolute atomic E-state index is 11.4. The van der Waals surface area contributed by atoms with Crippen LogP contribution in [-0.2, 0) is 16.1 Å². The molecule has 0 bridgehead atoms. The van der Waals surface area contributed by atoms with Crippen molar-refractivity contribution in [3.05, 3.63) is 35.9 Å². The zero-order valence-electron chi connectivity index (χ0n) is 9.63. The number of rotatable bonds is 4. The molecule has 0 radical (unpaired) electrons. The Balaban J connectivity index is 1.77. The van der Waals surface area contributed by atoms with Crippen LogP contribution < -0.4 is 10.6 Å². The summed E-state index contributed by atoms with van der Waals surface area (Å²) in [5.41, 5.74) is 0.865. The van der Waals surface area contributed by atoms with Crippen molar-refractivity contribution in [3.8, 4) is 0 Å². The highest BCUT2D eigenvalue weighted by Gasteiger charge is 2.40. The van der Waals surface area contributed by atoms with Gasteiger partial charge in [0.25, 0.3) is 0 Å². The topological polar surface area (TPSA) is 87.7 Å². The Bertz CT molecular complexity index is 435. The van der Waals surface area contributed by atoms with Gasteiger partial charge in [0.2, 0.25) is 5.91 Å². The lowest BCUT2D eigenvalue weighted by atomic mass is 10.0. The summed E-state index contributed by atoms with van der Waals surface area (Å²) in [6, 6.07) is 8.09. The Morgan fingerprint density at radius 3 is 2.72 bits per heavy atom. The van der Waals surface area contributed by atoms with E-state index in [1.54, 1.807) is 0 Å². The second-order valence-electron chi connectivity index (χ2n) is 3.98. The van der Waals surface area contributed by atoms with Crippen LogP contribution >= 0.6 is 0 Å². The molecule has 0 spiro atoms. The maximum Gasteiger partial charge on any atom is 0.408 e. The number of benzene rings is 1. The molecule has 6 heteroatoms. The van der Waals surface area contributed by atoms with Crippen molar-refractivity contribution in [2.24, 2.45) is 0 Å². The van der Waals surface area contributed by atoms with Gasteiger partial charge in [0.15, 0.2) is 0 Å². The minimum atomic E-state index is -0.710. The normalized spacial score (nSPS) is 21.7. The Hall–Kier alpha value is -2.08. The number of hydrogen-bond acceptors (Lipinski definition) is 4. The Labute approximate surface area is 104 Å². The molecule has 1 aromatic rings. The van der Waals surface area contributed by atoms with E-state index in [9.17, 15) is 9.59 Å². The van der Waals surface area contributed by atoms with Crippen molar-refractivity contribution in [1.82, 2.24) is 10.6 Å². The first kappa shape index (κ1) is 12.4. The molecule has 6 nitrogen and oxygen atoms in total. The number of alkyl carbamates (subject to hydrolysis) is 1. The van der Waals surface area contributed by atoms with E-state index < -0.39 is 18.2 Å². The lowest BCUT2D eigenvalue weighted by Gasteiger charge is -2.35. The third-order valence-electron chi connectivity index (χ3n) is 2.70. The lowest BCUT2D eigenvalue weighted by Crippen LogP contribution is -2.70. The molecule has 1 saturated heterocycles. The van der Waals surface area contributed by atoms with Crippen molar-refractivity contribution in [2.45, 2.75) is 18.7 Å². The molecular weight excluding hydrogens is 236 g/mol. The molecule has 1 unspecified atom stereocenters. The molecule has 2 rings (SSSR count). The second-order valence-corrected chi connectivity index (χ2v) is 3.98. The summed E-state index contributed by atoms with van der Waals surface area (Å²) >= 11 is 0. The highest BCUT2D eigenvalue weighted by atomic mass is 16.5. The van der Waals surface area contributed by atoms with E-state index >= 15 is 0 Å². The van der Waals surface area contributed by atoms with Crippen LogP contribution in [0.5, 0.6) is 0 Å². The zero-order valence-corrected chi connectivity index (χ0v) is 9.63. The van der Waals surface area contributed by atoms with Crippen LogP contribution in [0, 0.1) is 0 Å². The van der Waals surface area contributed by atoms with E-state index in [2.05, 4.69) is 10.6 Å². The number of β-lactam (4-membered cyclic amide) rings is 1. The standard InChI is InChI=1S/C12H14N2O4/c15-6-9-10(11(16)13-9)14-12(17)18-7-8-4-2-1-3-5-8/h1-5,9-10,15H,6-7H2,(H,13,16)(H,14,17)/t9?,10-/m0/s1. The number of ether oxygens (including phenoxy) is 1. The quantitative estimate of drug-likeness (QED) is 0.644. The van der Waals surface area contributed by atoms with E-state index in [1.165, 1.54) is 0 Å². The molecule has 1 aromatic carbocycles. The van der Waals surface area contributed by atoms with E-state index in [1.807, 2.05) is 30.3 Å². The number of carbonyl (C=O) groups excluding carboxylic acids is 2. The highest BCUT2D eigenvalue weighted by molar-refractivity contribution is 5.92. The summed E-state index contributed by atoms with van der Waals surface area (Å²) in [6.07, 6.45) is -0.669. The molecule has 1 heterocycles. The number of carbonyl (C=O) groups is 2. The van der Waals surface area contributed by atoms with Crippen molar-refractivity contribution in [2.75, 3.05) is 6.61 Å². The molecule has 18 heavy (non-hydrogen) atoms. The minimum Gasteiger partial charge on any atom is -0.445 e. The molecule has 2 atom stereocenters. The molecule has 0 aliphatic carbocycles. The summed E-state index contributed by atoms with van der Waals surface area (Å²) < 4.78 is 4.96. The predicted molar refractivity (Wildman–Crippen MR) is 62.6 cm³/mol. The Kier molecular flexibility index (Phi) is 3.78. The van der Waals surface area contributed by atoms with Crippen molar-refractivity contribution in [1.29, 1.82) is 0 Å². The van der Waals surface area contributed by atoms with E-state index in [4.69, 9.17) is 9.84 Å². The van der Waals surface area contributed by atoms with Gasteiger partial charge in [-0.25, -0.2) is 4.79 Å².